The Kier molecular flexibility index (Phi) is 9.13. The summed E-state index contributed by atoms with van der Waals surface area (Å²) in [5.41, 5.74) is 2.81. The van der Waals surface area contributed by atoms with Crippen molar-refractivity contribution in [3.8, 4) is 11.5 Å². The van der Waals surface area contributed by atoms with Crippen molar-refractivity contribution >= 4 is 34.9 Å². The molecule has 0 radical (unpaired) electrons. The summed E-state index contributed by atoms with van der Waals surface area (Å²) >= 11 is 0. The van der Waals surface area contributed by atoms with Gasteiger partial charge in [-0.2, -0.15) is 0 Å². The highest BCUT2D eigenvalue weighted by Crippen LogP contribution is 2.60. The summed E-state index contributed by atoms with van der Waals surface area (Å²) in [6, 6.07) is 19.4. The number of hydrogen-bond acceptors (Lipinski definition) is 8. The highest BCUT2D eigenvalue weighted by atomic mass is 16.6. The van der Waals surface area contributed by atoms with Gasteiger partial charge in [-0.25, -0.2) is 9.59 Å². The summed E-state index contributed by atoms with van der Waals surface area (Å²) < 4.78 is 30.0. The first-order chi connectivity index (χ1) is 21.8. The Morgan fingerprint density at radius 2 is 1.35 bits per heavy atom. The van der Waals surface area contributed by atoms with Gasteiger partial charge in [-0.1, -0.05) is 18.2 Å². The van der Waals surface area contributed by atoms with E-state index in [-0.39, 0.29) is 0 Å². The van der Waals surface area contributed by atoms with Gasteiger partial charge in [0.25, 0.3) is 0 Å². The van der Waals surface area contributed by atoms with E-state index < -0.39 is 35.0 Å². The maximum atomic E-state index is 12.8. The Morgan fingerprint density at radius 3 is 1.96 bits per heavy atom. The third-order valence-electron chi connectivity index (χ3n) is 7.64. The minimum Gasteiger partial charge on any atom is -0.494 e. The number of nitrogens with one attached hydrogen (secondary N) is 2. The molecule has 2 aliphatic rings. The molecule has 0 aliphatic carbocycles. The van der Waals surface area contributed by atoms with E-state index in [1.165, 1.54) is 0 Å². The van der Waals surface area contributed by atoms with Crippen molar-refractivity contribution < 1.29 is 33.3 Å². The van der Waals surface area contributed by atoms with Crippen LogP contribution in [0.25, 0.3) is 0 Å². The number of para-hydroxylation sites is 1. The maximum absolute atomic E-state index is 12.8. The van der Waals surface area contributed by atoms with Crippen LogP contribution in [0.4, 0.5) is 32.3 Å². The third-order valence-corrected chi connectivity index (χ3v) is 7.64. The molecule has 0 bridgehead atoms. The fourth-order valence-corrected chi connectivity index (χ4v) is 6.16. The number of rotatable bonds is 8. The van der Waals surface area contributed by atoms with Gasteiger partial charge in [0.15, 0.2) is 0 Å². The second-order valence-electron chi connectivity index (χ2n) is 13.3. The highest BCUT2D eigenvalue weighted by molar-refractivity contribution is 5.89. The maximum Gasteiger partial charge on any atom is 0.412 e. The number of benzene rings is 3. The first-order valence-electron chi connectivity index (χ1n) is 15.8. The predicted octanol–water partition coefficient (Wildman–Crippen LogP) is 8.36. The van der Waals surface area contributed by atoms with Crippen LogP contribution in [0.5, 0.6) is 11.5 Å². The highest BCUT2D eigenvalue weighted by Gasteiger charge is 2.58. The molecule has 5 rings (SSSR count). The second-order valence-corrected chi connectivity index (χ2v) is 13.3. The number of carbonyl (C=O) groups excluding carboxylic acids is 2. The van der Waals surface area contributed by atoms with Crippen LogP contribution in [-0.4, -0.2) is 49.4 Å². The molecule has 3 aromatic rings. The van der Waals surface area contributed by atoms with Gasteiger partial charge in [0.1, 0.15) is 28.9 Å². The Morgan fingerprint density at radius 1 is 0.783 bits per heavy atom. The van der Waals surface area contributed by atoms with E-state index in [2.05, 4.69) is 27.7 Å². The fourth-order valence-electron chi connectivity index (χ4n) is 6.16. The van der Waals surface area contributed by atoms with Gasteiger partial charge in [0, 0.05) is 22.6 Å². The fraction of sp³-hybridized carbons (Fsp3) is 0.444. The average molecular weight is 632 g/mol. The lowest BCUT2D eigenvalue weighted by Gasteiger charge is -2.35. The SMILES string of the molecule is CCOc1ccc(NC(=O)OC(C)(C)C)cc1N1c2ccccc2[C@@]2(c3cc(NC(=O)OC(C)(C)C)ccc3OCC)CCO[C@@H]12. The molecule has 2 N–H and O–H groups in total. The number of hydrogen-bond donors (Lipinski definition) is 2. The molecule has 2 aliphatic heterocycles. The number of fused-ring (bicyclic) bond motifs is 3. The molecular weight excluding hydrogens is 586 g/mol. The van der Waals surface area contributed by atoms with Crippen LogP contribution >= 0.6 is 0 Å². The summed E-state index contributed by atoms with van der Waals surface area (Å²) in [5, 5.41) is 5.77. The van der Waals surface area contributed by atoms with Gasteiger partial charge in [-0.3, -0.25) is 10.6 Å². The van der Waals surface area contributed by atoms with Crippen molar-refractivity contribution in [2.75, 3.05) is 35.4 Å². The predicted molar refractivity (Wildman–Crippen MR) is 179 cm³/mol. The van der Waals surface area contributed by atoms with Crippen LogP contribution in [0.1, 0.15) is 72.9 Å². The van der Waals surface area contributed by atoms with Gasteiger partial charge in [-0.05, 0) is 110 Å². The van der Waals surface area contributed by atoms with Crippen LogP contribution in [0.2, 0.25) is 0 Å². The van der Waals surface area contributed by atoms with Crippen molar-refractivity contribution in [3.63, 3.8) is 0 Å². The molecule has 10 heteroatoms. The Hall–Kier alpha value is -4.44. The molecule has 1 saturated heterocycles. The largest absolute Gasteiger partial charge is 0.494 e. The van der Waals surface area contributed by atoms with Crippen molar-refractivity contribution in [1.29, 1.82) is 0 Å². The molecule has 3 aromatic carbocycles. The molecule has 0 spiro atoms. The monoisotopic (exact) mass is 631 g/mol. The number of amides is 2. The summed E-state index contributed by atoms with van der Waals surface area (Å²) in [7, 11) is 0. The molecule has 0 aromatic heterocycles. The molecule has 2 atom stereocenters. The average Bonchev–Trinajstić information content (AvgIpc) is 3.50. The van der Waals surface area contributed by atoms with Crippen LogP contribution in [0.3, 0.4) is 0 Å². The topological polar surface area (TPSA) is 108 Å². The first-order valence-corrected chi connectivity index (χ1v) is 15.8. The minimum absolute atomic E-state index is 0.449. The zero-order chi connectivity index (χ0) is 33.3. The smallest absolute Gasteiger partial charge is 0.412 e. The number of anilines is 4. The molecule has 0 saturated carbocycles. The van der Waals surface area contributed by atoms with Gasteiger partial charge in [0.2, 0.25) is 0 Å². The molecule has 2 amide bonds. The third kappa shape index (κ3) is 6.72. The van der Waals surface area contributed by atoms with Crippen LogP contribution < -0.4 is 25.0 Å². The van der Waals surface area contributed by atoms with Gasteiger partial charge in [-0.15, -0.1) is 0 Å². The van der Waals surface area contributed by atoms with E-state index in [1.54, 1.807) is 6.07 Å². The lowest BCUT2D eigenvalue weighted by Crippen LogP contribution is -2.41. The summed E-state index contributed by atoms with van der Waals surface area (Å²) in [5.74, 6) is 1.35. The molecular formula is C36H45N3O7. The molecule has 46 heavy (non-hydrogen) atoms. The standard InChI is InChI=1S/C36H45N3O7/c1-9-42-29-17-15-23(37-32(40)45-34(3,4)5)21-26(29)36-19-20-44-31(36)39(27-14-12-11-13-25(27)36)28-22-24(16-18-30(28)43-10-2)38-33(41)46-35(6,7)8/h11-18,21-22,31H,9-10,19-20H2,1-8H3,(H,37,40)(H,38,41)/t31-,36-/m1/s1. The van der Waals surface area contributed by atoms with Gasteiger partial charge in [0.05, 0.1) is 30.9 Å². The summed E-state index contributed by atoms with van der Waals surface area (Å²) in [4.78, 5) is 27.6. The van der Waals surface area contributed by atoms with E-state index in [9.17, 15) is 9.59 Å². The van der Waals surface area contributed by atoms with Crippen LogP contribution in [-0.2, 0) is 19.6 Å². The zero-order valence-electron chi connectivity index (χ0n) is 28.0. The Balaban J connectivity index is 1.63. The first kappa shape index (κ1) is 32.9. The van der Waals surface area contributed by atoms with E-state index in [1.807, 2.05) is 97.9 Å². The van der Waals surface area contributed by atoms with Crippen molar-refractivity contribution in [2.24, 2.45) is 0 Å². The number of nitrogens with zero attached hydrogens (tertiary/aromatic N) is 1. The Labute approximate surface area is 271 Å². The molecule has 0 unspecified atom stereocenters. The zero-order valence-corrected chi connectivity index (χ0v) is 28.0. The summed E-state index contributed by atoms with van der Waals surface area (Å²) in [6.45, 7) is 16.2. The van der Waals surface area contributed by atoms with E-state index in [4.69, 9.17) is 23.7 Å². The number of carbonyl (C=O) groups is 2. The second kappa shape index (κ2) is 12.7. The Bertz CT molecular complexity index is 1590. The summed E-state index contributed by atoms with van der Waals surface area (Å²) in [6.07, 6.45) is -0.909. The molecule has 1 fully saturated rings. The normalized spacial score (nSPS) is 18.8. The van der Waals surface area contributed by atoms with E-state index >= 15 is 0 Å². The van der Waals surface area contributed by atoms with Crippen LogP contribution in [0, 0.1) is 0 Å². The van der Waals surface area contributed by atoms with E-state index in [0.717, 1.165) is 22.5 Å². The van der Waals surface area contributed by atoms with Crippen molar-refractivity contribution in [3.05, 3.63) is 71.8 Å². The molecule has 246 valence electrons. The molecule has 10 nitrogen and oxygen atoms in total. The quantitative estimate of drug-likeness (QED) is 0.255. The van der Waals surface area contributed by atoms with E-state index in [0.29, 0.717) is 49.1 Å². The molecule has 2 heterocycles. The van der Waals surface area contributed by atoms with Crippen molar-refractivity contribution in [1.82, 2.24) is 0 Å². The van der Waals surface area contributed by atoms with Crippen molar-refractivity contribution in [2.45, 2.75) is 84.7 Å². The lowest BCUT2D eigenvalue weighted by molar-refractivity contribution is 0.0624. The van der Waals surface area contributed by atoms with Gasteiger partial charge < -0.3 is 28.6 Å². The van der Waals surface area contributed by atoms with Gasteiger partial charge >= 0.3 is 12.2 Å². The lowest BCUT2D eigenvalue weighted by atomic mass is 9.73. The van der Waals surface area contributed by atoms with Crippen LogP contribution in [0.15, 0.2) is 60.7 Å². The number of ether oxygens (including phenoxy) is 5. The minimum atomic E-state index is -0.662.